The fourth-order valence-electron chi connectivity index (χ4n) is 2.67. The van der Waals surface area contributed by atoms with Gasteiger partial charge in [0.2, 0.25) is 5.91 Å². The third kappa shape index (κ3) is 2.69. The Bertz CT molecular complexity index is 705. The van der Waals surface area contributed by atoms with E-state index in [9.17, 15) is 9.59 Å². The Morgan fingerprint density at radius 3 is 3.10 bits per heavy atom. The molecule has 2 aromatic heterocycles. The van der Waals surface area contributed by atoms with Gasteiger partial charge in [0.1, 0.15) is 0 Å². The number of hydrogen-bond donors (Lipinski definition) is 1. The molecule has 0 bridgehead atoms. The molecular weight excluding hydrogens is 270 g/mol. The van der Waals surface area contributed by atoms with E-state index < -0.39 is 0 Å². The summed E-state index contributed by atoms with van der Waals surface area (Å²) >= 11 is 0. The standard InChI is InChI=1S/C14H19N5O2/c1-11-10-15-6-9-17(11)13(20)5-8-19-14(21)18-7-3-2-4-12(18)16-19/h2-4,7,11,15H,5-6,8-10H2,1H3/t11-/m1/s1. The van der Waals surface area contributed by atoms with Crippen molar-refractivity contribution in [3.05, 3.63) is 34.9 Å². The summed E-state index contributed by atoms with van der Waals surface area (Å²) in [7, 11) is 0. The average molecular weight is 289 g/mol. The number of pyridine rings is 1. The minimum absolute atomic E-state index is 0.0768. The number of amides is 1. The van der Waals surface area contributed by atoms with Crippen molar-refractivity contribution in [2.24, 2.45) is 0 Å². The largest absolute Gasteiger partial charge is 0.350 e. The lowest BCUT2D eigenvalue weighted by Crippen LogP contribution is -2.52. The van der Waals surface area contributed by atoms with Crippen LogP contribution in [0.3, 0.4) is 0 Å². The van der Waals surface area contributed by atoms with Gasteiger partial charge < -0.3 is 10.2 Å². The maximum absolute atomic E-state index is 12.3. The van der Waals surface area contributed by atoms with Gasteiger partial charge in [-0.3, -0.25) is 9.20 Å². The molecule has 1 aliphatic rings. The number of piperazine rings is 1. The van der Waals surface area contributed by atoms with Crippen LogP contribution in [0.4, 0.5) is 0 Å². The van der Waals surface area contributed by atoms with Gasteiger partial charge in [0.25, 0.3) is 0 Å². The van der Waals surface area contributed by atoms with E-state index in [0.29, 0.717) is 18.6 Å². The van der Waals surface area contributed by atoms with Crippen molar-refractivity contribution in [3.63, 3.8) is 0 Å². The van der Waals surface area contributed by atoms with Crippen LogP contribution in [-0.2, 0) is 11.3 Å². The SMILES string of the molecule is C[C@@H]1CNCCN1C(=O)CCn1nc2ccccn2c1=O. The summed E-state index contributed by atoms with van der Waals surface area (Å²) in [6.07, 6.45) is 1.98. The summed E-state index contributed by atoms with van der Waals surface area (Å²) in [5.41, 5.74) is 0.400. The third-order valence-corrected chi connectivity index (χ3v) is 3.85. The fraction of sp³-hybridized carbons (Fsp3) is 0.500. The number of carbonyl (C=O) groups is 1. The lowest BCUT2D eigenvalue weighted by molar-refractivity contribution is -0.134. The van der Waals surface area contributed by atoms with Gasteiger partial charge in [-0.25, -0.2) is 9.48 Å². The van der Waals surface area contributed by atoms with Crippen LogP contribution < -0.4 is 11.0 Å². The number of rotatable bonds is 3. The predicted octanol–water partition coefficient (Wildman–Crippen LogP) is -0.294. The highest BCUT2D eigenvalue weighted by Crippen LogP contribution is 2.05. The van der Waals surface area contributed by atoms with E-state index in [2.05, 4.69) is 10.4 Å². The Morgan fingerprint density at radius 2 is 2.33 bits per heavy atom. The Hall–Kier alpha value is -2.15. The van der Waals surface area contributed by atoms with E-state index in [4.69, 9.17) is 0 Å². The maximum Gasteiger partial charge on any atom is 0.350 e. The van der Waals surface area contributed by atoms with Gasteiger partial charge in [-0.15, -0.1) is 5.10 Å². The predicted molar refractivity (Wildman–Crippen MR) is 78.1 cm³/mol. The van der Waals surface area contributed by atoms with Crippen molar-refractivity contribution in [2.75, 3.05) is 19.6 Å². The molecule has 0 aromatic carbocycles. The Morgan fingerprint density at radius 1 is 1.48 bits per heavy atom. The molecular formula is C14H19N5O2. The molecule has 21 heavy (non-hydrogen) atoms. The summed E-state index contributed by atoms with van der Waals surface area (Å²) in [5, 5.41) is 7.49. The minimum Gasteiger partial charge on any atom is -0.337 e. The molecule has 1 atom stereocenters. The van der Waals surface area contributed by atoms with Crippen molar-refractivity contribution in [1.29, 1.82) is 0 Å². The lowest BCUT2D eigenvalue weighted by atomic mass is 10.2. The van der Waals surface area contributed by atoms with E-state index >= 15 is 0 Å². The molecule has 7 nitrogen and oxygen atoms in total. The molecule has 1 N–H and O–H groups in total. The molecule has 1 fully saturated rings. The molecule has 3 rings (SSSR count). The highest BCUT2D eigenvalue weighted by molar-refractivity contribution is 5.76. The monoisotopic (exact) mass is 289 g/mol. The molecule has 3 heterocycles. The van der Waals surface area contributed by atoms with E-state index in [1.54, 1.807) is 18.3 Å². The van der Waals surface area contributed by atoms with Gasteiger partial charge >= 0.3 is 5.69 Å². The van der Waals surface area contributed by atoms with Crippen LogP contribution >= 0.6 is 0 Å². The smallest absolute Gasteiger partial charge is 0.337 e. The van der Waals surface area contributed by atoms with Crippen molar-refractivity contribution < 1.29 is 4.79 Å². The van der Waals surface area contributed by atoms with Crippen LogP contribution in [-0.4, -0.2) is 50.7 Å². The molecule has 1 aliphatic heterocycles. The van der Waals surface area contributed by atoms with Gasteiger partial charge in [0.05, 0.1) is 6.54 Å². The van der Waals surface area contributed by atoms with Crippen molar-refractivity contribution in [3.8, 4) is 0 Å². The minimum atomic E-state index is -0.202. The molecule has 2 aromatic rings. The highest BCUT2D eigenvalue weighted by atomic mass is 16.2. The number of aromatic nitrogens is 3. The summed E-state index contributed by atoms with van der Waals surface area (Å²) in [6, 6.07) is 5.59. The number of aryl methyl sites for hydroxylation is 1. The molecule has 0 unspecified atom stereocenters. The third-order valence-electron chi connectivity index (χ3n) is 3.85. The van der Waals surface area contributed by atoms with Gasteiger partial charge in [-0.1, -0.05) is 6.07 Å². The first-order chi connectivity index (χ1) is 10.2. The van der Waals surface area contributed by atoms with Crippen LogP contribution in [0.15, 0.2) is 29.2 Å². The zero-order chi connectivity index (χ0) is 14.8. The van der Waals surface area contributed by atoms with Crippen molar-refractivity contribution in [2.45, 2.75) is 25.9 Å². The molecule has 0 radical (unpaired) electrons. The lowest BCUT2D eigenvalue weighted by Gasteiger charge is -2.34. The summed E-state index contributed by atoms with van der Waals surface area (Å²) in [5.74, 6) is 0.0768. The molecule has 0 saturated carbocycles. The van der Waals surface area contributed by atoms with Crippen LogP contribution in [0.1, 0.15) is 13.3 Å². The quantitative estimate of drug-likeness (QED) is 0.842. The molecule has 112 valence electrons. The fourth-order valence-corrected chi connectivity index (χ4v) is 2.67. The van der Waals surface area contributed by atoms with Crippen molar-refractivity contribution in [1.82, 2.24) is 24.4 Å². The van der Waals surface area contributed by atoms with E-state index in [0.717, 1.165) is 19.6 Å². The normalized spacial score (nSPS) is 19.1. The van der Waals surface area contributed by atoms with Gasteiger partial charge in [0.15, 0.2) is 5.65 Å². The van der Waals surface area contributed by atoms with Gasteiger partial charge in [-0.2, -0.15) is 0 Å². The molecule has 7 heteroatoms. The van der Waals surface area contributed by atoms with Gasteiger partial charge in [-0.05, 0) is 19.1 Å². The van der Waals surface area contributed by atoms with E-state index in [1.165, 1.54) is 9.08 Å². The maximum atomic E-state index is 12.3. The topological polar surface area (TPSA) is 71.6 Å². The van der Waals surface area contributed by atoms with Crippen LogP contribution in [0.2, 0.25) is 0 Å². The molecule has 1 amide bonds. The van der Waals surface area contributed by atoms with Gasteiger partial charge in [0, 0.05) is 38.3 Å². The first kappa shape index (κ1) is 13.8. The number of hydrogen-bond acceptors (Lipinski definition) is 4. The first-order valence-corrected chi connectivity index (χ1v) is 7.21. The molecule has 1 saturated heterocycles. The summed E-state index contributed by atoms with van der Waals surface area (Å²) in [4.78, 5) is 26.2. The number of nitrogens with one attached hydrogen (secondary N) is 1. The summed E-state index contributed by atoms with van der Waals surface area (Å²) in [6.45, 7) is 4.71. The number of fused-ring (bicyclic) bond motifs is 1. The Balaban J connectivity index is 1.70. The zero-order valence-corrected chi connectivity index (χ0v) is 12.0. The molecule has 0 spiro atoms. The Kier molecular flexibility index (Phi) is 3.74. The zero-order valence-electron chi connectivity index (χ0n) is 12.0. The number of carbonyl (C=O) groups excluding carboxylic acids is 1. The van der Waals surface area contributed by atoms with Crippen LogP contribution in [0, 0.1) is 0 Å². The Labute approximate surface area is 122 Å². The second-order valence-corrected chi connectivity index (χ2v) is 5.32. The second kappa shape index (κ2) is 5.69. The van der Waals surface area contributed by atoms with E-state index in [-0.39, 0.29) is 17.6 Å². The first-order valence-electron chi connectivity index (χ1n) is 7.21. The highest BCUT2D eigenvalue weighted by Gasteiger charge is 2.22. The average Bonchev–Trinajstić information content (AvgIpc) is 2.82. The van der Waals surface area contributed by atoms with Crippen LogP contribution in [0.25, 0.3) is 5.65 Å². The summed E-state index contributed by atoms with van der Waals surface area (Å²) < 4.78 is 2.85. The van der Waals surface area contributed by atoms with Crippen LogP contribution in [0.5, 0.6) is 0 Å². The molecule has 0 aliphatic carbocycles. The van der Waals surface area contributed by atoms with Crippen molar-refractivity contribution >= 4 is 11.6 Å². The van der Waals surface area contributed by atoms with E-state index in [1.807, 2.05) is 17.9 Å². The second-order valence-electron chi connectivity index (χ2n) is 5.32. The number of nitrogens with zero attached hydrogens (tertiary/aromatic N) is 4.